The van der Waals surface area contributed by atoms with E-state index < -0.39 is 17.2 Å². The van der Waals surface area contributed by atoms with Gasteiger partial charge in [0.05, 0.1) is 6.21 Å². The van der Waals surface area contributed by atoms with Crippen LogP contribution in [0.15, 0.2) is 17.2 Å². The first kappa shape index (κ1) is 16.1. The summed E-state index contributed by atoms with van der Waals surface area (Å²) in [5.41, 5.74) is 2.54. The second-order valence-electron chi connectivity index (χ2n) is 7.89. The zero-order valence-corrected chi connectivity index (χ0v) is 13.9. The summed E-state index contributed by atoms with van der Waals surface area (Å²) in [6.07, 6.45) is 8.33. The molecule has 0 heterocycles. The van der Waals surface area contributed by atoms with Gasteiger partial charge in [0.2, 0.25) is 5.75 Å². The van der Waals surface area contributed by atoms with Gasteiger partial charge < -0.3 is 20.6 Å². The quantitative estimate of drug-likeness (QED) is 0.329. The molecule has 4 aliphatic carbocycles. The largest absolute Gasteiger partial charge is 0.504 e. The molecule has 7 nitrogen and oxygen atoms in total. The maximum atomic E-state index is 12.2. The van der Waals surface area contributed by atoms with Crippen LogP contribution in [0.3, 0.4) is 0 Å². The van der Waals surface area contributed by atoms with Crippen molar-refractivity contribution in [1.29, 1.82) is 0 Å². The van der Waals surface area contributed by atoms with E-state index in [4.69, 9.17) is 0 Å². The van der Waals surface area contributed by atoms with E-state index >= 15 is 0 Å². The Morgan fingerprint density at radius 1 is 1.04 bits per heavy atom. The molecular formula is C18H23N3O4. The van der Waals surface area contributed by atoms with Gasteiger partial charge in [-0.2, -0.15) is 5.10 Å². The second-order valence-corrected chi connectivity index (χ2v) is 7.89. The molecule has 0 aliphatic heterocycles. The van der Waals surface area contributed by atoms with Crippen molar-refractivity contribution in [2.75, 3.05) is 0 Å². The molecule has 134 valence electrons. The number of phenols is 3. The van der Waals surface area contributed by atoms with Crippen molar-refractivity contribution >= 4 is 12.2 Å². The summed E-state index contributed by atoms with van der Waals surface area (Å²) < 4.78 is 0. The lowest BCUT2D eigenvalue weighted by Gasteiger charge is -2.56. The number of phenolic OH excluding ortho intramolecular Hbond substituents is 3. The molecule has 2 amide bonds. The minimum absolute atomic E-state index is 0.0900. The molecule has 4 bridgehead atoms. The van der Waals surface area contributed by atoms with Crippen LogP contribution in [0.1, 0.15) is 44.1 Å². The Bertz CT molecular complexity index is 696. The van der Waals surface area contributed by atoms with Crippen LogP contribution in [0.4, 0.5) is 4.79 Å². The van der Waals surface area contributed by atoms with E-state index in [1.165, 1.54) is 37.6 Å². The molecular weight excluding hydrogens is 322 g/mol. The summed E-state index contributed by atoms with van der Waals surface area (Å²) in [6.45, 7) is 0. The highest BCUT2D eigenvalue weighted by atomic mass is 16.3. The third-order valence-electron chi connectivity index (χ3n) is 5.95. The van der Waals surface area contributed by atoms with Gasteiger partial charge in [0.15, 0.2) is 11.5 Å². The lowest BCUT2D eigenvalue weighted by molar-refractivity contribution is -0.0135. The van der Waals surface area contributed by atoms with Crippen LogP contribution in [0.5, 0.6) is 17.2 Å². The molecule has 0 atom stereocenters. The fourth-order valence-corrected chi connectivity index (χ4v) is 5.38. The first-order chi connectivity index (χ1) is 11.9. The highest BCUT2D eigenvalue weighted by Crippen LogP contribution is 2.55. The molecule has 25 heavy (non-hydrogen) atoms. The minimum atomic E-state index is -0.609. The number of rotatable bonds is 3. The van der Waals surface area contributed by atoms with Crippen molar-refractivity contribution in [3.05, 3.63) is 17.7 Å². The number of aromatic hydroxyl groups is 3. The van der Waals surface area contributed by atoms with Gasteiger partial charge in [0.1, 0.15) is 0 Å². The van der Waals surface area contributed by atoms with Gasteiger partial charge in [0, 0.05) is 11.1 Å². The second kappa shape index (κ2) is 5.82. The van der Waals surface area contributed by atoms with E-state index in [0.29, 0.717) is 0 Å². The van der Waals surface area contributed by atoms with Crippen LogP contribution in [0.2, 0.25) is 0 Å². The Morgan fingerprint density at radius 3 is 2.24 bits per heavy atom. The number of hydrazone groups is 1. The van der Waals surface area contributed by atoms with Gasteiger partial charge in [0.25, 0.3) is 0 Å². The van der Waals surface area contributed by atoms with Crippen LogP contribution < -0.4 is 10.7 Å². The Hall–Kier alpha value is -2.44. The highest BCUT2D eigenvalue weighted by molar-refractivity contribution is 5.86. The van der Waals surface area contributed by atoms with Gasteiger partial charge in [-0.3, -0.25) is 0 Å². The number of nitrogens with zero attached hydrogens (tertiary/aromatic N) is 1. The SMILES string of the molecule is O=C(N/N=C/c1ccc(O)c(O)c1O)NC12CC3CC(CC(C3)C1)C2. The molecule has 0 aromatic heterocycles. The van der Waals surface area contributed by atoms with Crippen LogP contribution in [0.25, 0.3) is 0 Å². The van der Waals surface area contributed by atoms with E-state index in [1.54, 1.807) is 0 Å². The van der Waals surface area contributed by atoms with Crippen LogP contribution in [-0.4, -0.2) is 33.1 Å². The Balaban J connectivity index is 1.38. The van der Waals surface area contributed by atoms with E-state index in [1.807, 2.05) is 0 Å². The lowest BCUT2D eigenvalue weighted by atomic mass is 9.53. The lowest BCUT2D eigenvalue weighted by Crippen LogP contribution is -2.61. The third kappa shape index (κ3) is 2.99. The zero-order valence-electron chi connectivity index (χ0n) is 13.9. The molecule has 0 spiro atoms. The number of hydrogen-bond acceptors (Lipinski definition) is 5. The van der Waals surface area contributed by atoms with E-state index in [-0.39, 0.29) is 17.1 Å². The van der Waals surface area contributed by atoms with Gasteiger partial charge in [-0.1, -0.05) is 0 Å². The summed E-state index contributed by atoms with van der Waals surface area (Å²) in [6, 6.07) is 2.29. The fraction of sp³-hybridized carbons (Fsp3) is 0.556. The Labute approximate surface area is 145 Å². The van der Waals surface area contributed by atoms with Crippen LogP contribution in [-0.2, 0) is 0 Å². The highest BCUT2D eigenvalue weighted by Gasteiger charge is 2.51. The topological polar surface area (TPSA) is 114 Å². The number of urea groups is 1. The maximum Gasteiger partial charge on any atom is 0.335 e. The summed E-state index contributed by atoms with van der Waals surface area (Å²) in [5, 5.41) is 35.5. The first-order valence-electron chi connectivity index (χ1n) is 8.79. The van der Waals surface area contributed by atoms with E-state index in [0.717, 1.165) is 37.0 Å². The van der Waals surface area contributed by atoms with Crippen molar-refractivity contribution in [2.24, 2.45) is 22.9 Å². The van der Waals surface area contributed by atoms with Crippen LogP contribution >= 0.6 is 0 Å². The molecule has 0 radical (unpaired) electrons. The normalized spacial score (nSPS) is 32.9. The summed E-state index contributed by atoms with van der Waals surface area (Å²) in [7, 11) is 0. The average Bonchev–Trinajstić information content (AvgIpc) is 2.53. The van der Waals surface area contributed by atoms with E-state index in [9.17, 15) is 20.1 Å². The number of nitrogens with one attached hydrogen (secondary N) is 2. The van der Waals surface area contributed by atoms with Crippen molar-refractivity contribution in [1.82, 2.24) is 10.7 Å². The van der Waals surface area contributed by atoms with Crippen molar-refractivity contribution in [3.8, 4) is 17.2 Å². The molecule has 1 aromatic rings. The molecule has 4 aliphatic rings. The maximum absolute atomic E-state index is 12.2. The van der Waals surface area contributed by atoms with E-state index in [2.05, 4.69) is 15.8 Å². The predicted octanol–water partition coefficient (Wildman–Crippen LogP) is 2.41. The third-order valence-corrected chi connectivity index (χ3v) is 5.95. The van der Waals surface area contributed by atoms with Crippen molar-refractivity contribution in [3.63, 3.8) is 0 Å². The molecule has 7 heteroatoms. The number of carbonyl (C=O) groups is 1. The smallest absolute Gasteiger partial charge is 0.335 e. The monoisotopic (exact) mass is 345 g/mol. The first-order valence-corrected chi connectivity index (χ1v) is 8.79. The molecule has 0 unspecified atom stereocenters. The molecule has 0 saturated heterocycles. The standard InChI is InChI=1S/C18H23N3O4/c22-14-2-1-13(15(23)16(14)24)9-19-21-17(25)20-18-6-10-3-11(7-18)5-12(4-10)8-18/h1-2,9-12,22-24H,3-8H2,(H2,20,21,25)/b19-9+. The zero-order chi connectivity index (χ0) is 17.6. The summed E-state index contributed by atoms with van der Waals surface area (Å²) in [5.74, 6) is 0.724. The summed E-state index contributed by atoms with van der Waals surface area (Å²) in [4.78, 5) is 12.2. The number of benzene rings is 1. The van der Waals surface area contributed by atoms with Crippen molar-refractivity contribution in [2.45, 2.75) is 44.1 Å². The molecule has 4 saturated carbocycles. The number of amides is 2. The van der Waals surface area contributed by atoms with Gasteiger partial charge in [-0.05, 0) is 68.4 Å². The molecule has 1 aromatic carbocycles. The predicted molar refractivity (Wildman–Crippen MR) is 91.6 cm³/mol. The summed E-state index contributed by atoms with van der Waals surface area (Å²) >= 11 is 0. The Kier molecular flexibility index (Phi) is 3.74. The molecule has 4 fully saturated rings. The van der Waals surface area contributed by atoms with Crippen LogP contribution in [0, 0.1) is 17.8 Å². The van der Waals surface area contributed by atoms with Gasteiger partial charge in [-0.25, -0.2) is 10.2 Å². The van der Waals surface area contributed by atoms with Gasteiger partial charge >= 0.3 is 6.03 Å². The fourth-order valence-electron chi connectivity index (χ4n) is 5.38. The average molecular weight is 345 g/mol. The molecule has 5 rings (SSSR count). The van der Waals surface area contributed by atoms with Gasteiger partial charge in [-0.15, -0.1) is 0 Å². The minimum Gasteiger partial charge on any atom is -0.504 e. The Morgan fingerprint density at radius 2 is 1.64 bits per heavy atom. The van der Waals surface area contributed by atoms with Crippen molar-refractivity contribution < 1.29 is 20.1 Å². The number of carbonyl (C=O) groups excluding carboxylic acids is 1. The molecule has 5 N–H and O–H groups in total. The number of hydrogen-bond donors (Lipinski definition) is 5.